The number of nitrogens with one attached hydrogen (secondary N) is 2. The Kier molecular flexibility index (Phi) is 9.13. The molecular formula is C40H44N4. The topological polar surface area (TPSA) is 30.5 Å². The molecule has 0 saturated carbocycles. The van der Waals surface area contributed by atoms with Crippen molar-refractivity contribution < 1.29 is 0 Å². The maximum absolute atomic E-state index is 3.79. The van der Waals surface area contributed by atoms with E-state index in [1.807, 2.05) is 0 Å². The average molecular weight is 581 g/mol. The summed E-state index contributed by atoms with van der Waals surface area (Å²) >= 11 is 0. The van der Waals surface area contributed by atoms with Crippen LogP contribution < -0.4 is 10.6 Å². The van der Waals surface area contributed by atoms with E-state index in [4.69, 9.17) is 0 Å². The van der Waals surface area contributed by atoms with Gasteiger partial charge in [0.25, 0.3) is 0 Å². The van der Waals surface area contributed by atoms with Crippen LogP contribution in [0.1, 0.15) is 24.0 Å². The highest BCUT2D eigenvalue weighted by Gasteiger charge is 2.15. The second-order valence-electron chi connectivity index (χ2n) is 12.4. The first-order valence-corrected chi connectivity index (χ1v) is 16.5. The van der Waals surface area contributed by atoms with Crippen LogP contribution in [0.15, 0.2) is 109 Å². The van der Waals surface area contributed by atoms with Gasteiger partial charge in [-0.25, -0.2) is 0 Å². The van der Waals surface area contributed by atoms with Crippen LogP contribution in [0.25, 0.3) is 43.1 Å². The van der Waals surface area contributed by atoms with Gasteiger partial charge in [0, 0.05) is 39.3 Å². The molecule has 224 valence electrons. The molecule has 6 aromatic rings. The first-order valence-electron chi connectivity index (χ1n) is 16.5. The van der Waals surface area contributed by atoms with Crippen LogP contribution in [-0.4, -0.2) is 62.2 Å². The second-order valence-corrected chi connectivity index (χ2v) is 12.4. The standard InChI is InChI=1S/C40H44N4/c1-5-15-35-31(11-1)27-32-12-2-6-16-36(32)39(35)29-43-23-9-19-42-22-26-44(24-10-20-41-21-25-43)30-40-37-17-7-3-13-33(37)28-34-14-4-8-18-38(34)40/h1-8,11-18,27-28,41-42H,9-10,19-26,29-30H2. The third-order valence-corrected chi connectivity index (χ3v) is 9.39. The van der Waals surface area contributed by atoms with Crippen molar-refractivity contribution >= 4 is 43.1 Å². The van der Waals surface area contributed by atoms with E-state index in [9.17, 15) is 0 Å². The summed E-state index contributed by atoms with van der Waals surface area (Å²) < 4.78 is 0. The predicted molar refractivity (Wildman–Crippen MR) is 188 cm³/mol. The Bertz CT molecular complexity index is 1600. The number of hydrogen-bond acceptors (Lipinski definition) is 4. The van der Waals surface area contributed by atoms with Crippen molar-refractivity contribution in [2.75, 3.05) is 52.4 Å². The minimum Gasteiger partial charge on any atom is -0.315 e. The van der Waals surface area contributed by atoms with E-state index in [1.54, 1.807) is 0 Å². The number of nitrogens with zero attached hydrogens (tertiary/aromatic N) is 2. The van der Waals surface area contributed by atoms with Gasteiger partial charge >= 0.3 is 0 Å². The van der Waals surface area contributed by atoms with Crippen molar-refractivity contribution in [2.45, 2.75) is 25.9 Å². The molecule has 1 aliphatic rings. The van der Waals surface area contributed by atoms with Gasteiger partial charge in [-0.3, -0.25) is 9.80 Å². The molecule has 7 rings (SSSR count). The first kappa shape index (κ1) is 28.9. The molecule has 0 unspecified atom stereocenters. The van der Waals surface area contributed by atoms with Gasteiger partial charge in [-0.15, -0.1) is 0 Å². The van der Waals surface area contributed by atoms with E-state index in [2.05, 4.69) is 130 Å². The fraction of sp³-hybridized carbons (Fsp3) is 0.300. The predicted octanol–water partition coefficient (Wildman–Crippen LogP) is 7.58. The number of hydrogen-bond donors (Lipinski definition) is 2. The summed E-state index contributed by atoms with van der Waals surface area (Å²) in [5.74, 6) is 0. The lowest BCUT2D eigenvalue weighted by atomic mass is 9.96. The molecule has 0 spiro atoms. The molecule has 0 amide bonds. The van der Waals surface area contributed by atoms with Crippen LogP contribution in [-0.2, 0) is 13.1 Å². The summed E-state index contributed by atoms with van der Waals surface area (Å²) in [5, 5.41) is 18.5. The fourth-order valence-electron chi connectivity index (χ4n) is 7.12. The molecule has 0 aliphatic carbocycles. The van der Waals surface area contributed by atoms with Crippen molar-refractivity contribution in [3.8, 4) is 0 Å². The van der Waals surface area contributed by atoms with Gasteiger partial charge in [0.1, 0.15) is 0 Å². The Balaban J connectivity index is 1.03. The van der Waals surface area contributed by atoms with E-state index >= 15 is 0 Å². The monoisotopic (exact) mass is 580 g/mol. The molecule has 0 bridgehead atoms. The van der Waals surface area contributed by atoms with Gasteiger partial charge < -0.3 is 10.6 Å². The largest absolute Gasteiger partial charge is 0.315 e. The highest BCUT2D eigenvalue weighted by molar-refractivity contribution is 6.03. The number of benzene rings is 6. The Labute approximate surface area is 261 Å². The maximum atomic E-state index is 3.79. The zero-order valence-electron chi connectivity index (χ0n) is 25.8. The summed E-state index contributed by atoms with van der Waals surface area (Å²) in [6.07, 6.45) is 2.30. The molecule has 1 heterocycles. The van der Waals surface area contributed by atoms with E-state index < -0.39 is 0 Å². The molecule has 1 saturated heterocycles. The van der Waals surface area contributed by atoms with Gasteiger partial charge in [0.15, 0.2) is 0 Å². The smallest absolute Gasteiger partial charge is 0.0246 e. The molecule has 6 aromatic carbocycles. The Morgan fingerprint density at radius 2 is 0.750 bits per heavy atom. The number of fused-ring (bicyclic) bond motifs is 4. The lowest BCUT2D eigenvalue weighted by Gasteiger charge is -2.27. The van der Waals surface area contributed by atoms with Gasteiger partial charge in [-0.05, 0) is 105 Å². The minimum atomic E-state index is 0.982. The van der Waals surface area contributed by atoms with E-state index in [0.717, 1.165) is 78.3 Å². The van der Waals surface area contributed by atoms with Gasteiger partial charge in [0.2, 0.25) is 0 Å². The lowest BCUT2D eigenvalue weighted by Crippen LogP contribution is -2.38. The number of rotatable bonds is 4. The highest BCUT2D eigenvalue weighted by Crippen LogP contribution is 2.31. The minimum absolute atomic E-state index is 0.982. The quantitative estimate of drug-likeness (QED) is 0.211. The lowest BCUT2D eigenvalue weighted by molar-refractivity contribution is 0.242. The third kappa shape index (κ3) is 6.50. The molecular weight excluding hydrogens is 536 g/mol. The SMILES string of the molecule is c1ccc2c(CN3CCCNCCN(Cc4c5ccccc5cc5ccccc45)CCCNCC3)c3ccccc3cc2c1. The van der Waals surface area contributed by atoms with Crippen LogP contribution in [0.4, 0.5) is 0 Å². The van der Waals surface area contributed by atoms with Crippen molar-refractivity contribution in [2.24, 2.45) is 0 Å². The van der Waals surface area contributed by atoms with Crippen molar-refractivity contribution in [1.82, 2.24) is 20.4 Å². The first-order chi connectivity index (χ1) is 21.8. The van der Waals surface area contributed by atoms with Crippen LogP contribution >= 0.6 is 0 Å². The second kappa shape index (κ2) is 13.9. The normalized spacial score (nSPS) is 16.9. The third-order valence-electron chi connectivity index (χ3n) is 9.39. The van der Waals surface area contributed by atoms with Gasteiger partial charge in [-0.2, -0.15) is 0 Å². The molecule has 1 fully saturated rings. The molecule has 44 heavy (non-hydrogen) atoms. The van der Waals surface area contributed by atoms with Gasteiger partial charge in [-0.1, -0.05) is 97.1 Å². The molecule has 1 aliphatic heterocycles. The van der Waals surface area contributed by atoms with E-state index in [0.29, 0.717) is 0 Å². The molecule has 0 atom stereocenters. The van der Waals surface area contributed by atoms with Crippen molar-refractivity contribution in [3.63, 3.8) is 0 Å². The fourth-order valence-corrected chi connectivity index (χ4v) is 7.12. The summed E-state index contributed by atoms with van der Waals surface area (Å²) in [6.45, 7) is 10.4. The zero-order valence-corrected chi connectivity index (χ0v) is 25.8. The van der Waals surface area contributed by atoms with Crippen LogP contribution in [0.5, 0.6) is 0 Å². The van der Waals surface area contributed by atoms with Crippen LogP contribution in [0, 0.1) is 0 Å². The summed E-state index contributed by atoms with van der Waals surface area (Å²) in [5.41, 5.74) is 2.92. The molecule has 4 nitrogen and oxygen atoms in total. The van der Waals surface area contributed by atoms with E-state index in [1.165, 1.54) is 54.2 Å². The van der Waals surface area contributed by atoms with Gasteiger partial charge in [0.05, 0.1) is 0 Å². The molecule has 4 heteroatoms. The zero-order chi connectivity index (χ0) is 29.6. The highest BCUT2D eigenvalue weighted by atomic mass is 15.2. The summed E-state index contributed by atoms with van der Waals surface area (Å²) in [4.78, 5) is 5.32. The van der Waals surface area contributed by atoms with Crippen molar-refractivity contribution in [3.05, 3.63) is 120 Å². The molecule has 2 N–H and O–H groups in total. The Hall–Kier alpha value is -3.80. The average Bonchev–Trinajstić information content (AvgIpc) is 3.06. The molecule has 0 radical (unpaired) electrons. The van der Waals surface area contributed by atoms with Crippen LogP contribution in [0.3, 0.4) is 0 Å². The summed E-state index contributed by atoms with van der Waals surface area (Å²) in [6, 6.07) is 40.3. The summed E-state index contributed by atoms with van der Waals surface area (Å²) in [7, 11) is 0. The Morgan fingerprint density at radius 1 is 0.409 bits per heavy atom. The Morgan fingerprint density at radius 3 is 1.11 bits per heavy atom. The molecule has 0 aromatic heterocycles. The maximum Gasteiger partial charge on any atom is 0.0246 e. The van der Waals surface area contributed by atoms with E-state index in [-0.39, 0.29) is 0 Å². The van der Waals surface area contributed by atoms with Crippen molar-refractivity contribution in [1.29, 1.82) is 0 Å². The van der Waals surface area contributed by atoms with Crippen LogP contribution in [0.2, 0.25) is 0 Å².